The summed E-state index contributed by atoms with van der Waals surface area (Å²) in [6.45, 7) is 6.48. The minimum atomic E-state index is 0. The molecule has 2 unspecified atom stereocenters. The molecule has 1 heterocycles. The Morgan fingerprint density at radius 2 is 2.24 bits per heavy atom. The zero-order valence-corrected chi connectivity index (χ0v) is 13.5. The largest absolute Gasteiger partial charge is 0.375 e. The summed E-state index contributed by atoms with van der Waals surface area (Å²) >= 11 is 0. The Morgan fingerprint density at radius 1 is 1.48 bits per heavy atom. The number of hydrogen-bond donors (Lipinski definition) is 2. The molecule has 1 aliphatic rings. The monoisotopic (exact) mass is 312 g/mol. The molecule has 2 rings (SSSR count). The lowest BCUT2D eigenvalue weighted by Gasteiger charge is -2.24. The molecule has 1 aliphatic heterocycles. The predicted molar refractivity (Wildman–Crippen MR) is 87.0 cm³/mol. The number of hydrogen-bond acceptors (Lipinski definition) is 3. The first-order valence-electron chi connectivity index (χ1n) is 7.31. The molecule has 0 spiro atoms. The van der Waals surface area contributed by atoms with E-state index >= 15 is 0 Å². The van der Waals surface area contributed by atoms with E-state index in [4.69, 9.17) is 4.74 Å². The lowest BCUT2D eigenvalue weighted by Crippen LogP contribution is -2.43. The number of halogens is 1. The molecule has 5 heteroatoms. The number of benzene rings is 1. The molecule has 1 saturated heterocycles. The molecule has 0 radical (unpaired) electrons. The molecule has 2 atom stereocenters. The van der Waals surface area contributed by atoms with Crippen molar-refractivity contribution >= 4 is 18.3 Å². The SMILES string of the molecule is Cc1ccccc1CC(C)NC(=O)CC1CNCCO1.Cl. The van der Waals surface area contributed by atoms with E-state index in [9.17, 15) is 4.79 Å². The van der Waals surface area contributed by atoms with Gasteiger partial charge >= 0.3 is 0 Å². The fraction of sp³-hybridized carbons (Fsp3) is 0.562. The van der Waals surface area contributed by atoms with Crippen LogP contribution < -0.4 is 10.6 Å². The first-order chi connectivity index (χ1) is 9.65. The van der Waals surface area contributed by atoms with Gasteiger partial charge in [-0.15, -0.1) is 12.4 Å². The van der Waals surface area contributed by atoms with Crippen LogP contribution in [0.2, 0.25) is 0 Å². The molecular weight excluding hydrogens is 288 g/mol. The second kappa shape index (κ2) is 9.03. The Kier molecular flexibility index (Phi) is 7.72. The minimum Gasteiger partial charge on any atom is -0.375 e. The number of carbonyl (C=O) groups excluding carboxylic acids is 1. The van der Waals surface area contributed by atoms with Crippen LogP contribution in [0.3, 0.4) is 0 Å². The van der Waals surface area contributed by atoms with Crippen molar-refractivity contribution in [2.24, 2.45) is 0 Å². The van der Waals surface area contributed by atoms with E-state index in [1.54, 1.807) is 0 Å². The van der Waals surface area contributed by atoms with Gasteiger partial charge in [-0.05, 0) is 31.4 Å². The third-order valence-corrected chi connectivity index (χ3v) is 3.61. The van der Waals surface area contributed by atoms with Gasteiger partial charge in [0.15, 0.2) is 0 Å². The molecule has 0 saturated carbocycles. The van der Waals surface area contributed by atoms with Crippen molar-refractivity contribution in [2.75, 3.05) is 19.7 Å². The van der Waals surface area contributed by atoms with Gasteiger partial charge in [-0.2, -0.15) is 0 Å². The molecule has 0 aliphatic carbocycles. The maximum atomic E-state index is 12.0. The average Bonchev–Trinajstić information content (AvgIpc) is 2.42. The zero-order chi connectivity index (χ0) is 14.4. The lowest BCUT2D eigenvalue weighted by atomic mass is 10.0. The fourth-order valence-electron chi connectivity index (χ4n) is 2.51. The maximum Gasteiger partial charge on any atom is 0.222 e. The quantitative estimate of drug-likeness (QED) is 0.872. The Bertz CT molecular complexity index is 448. The molecule has 1 fully saturated rings. The Hall–Kier alpha value is -1.10. The minimum absolute atomic E-state index is 0. The van der Waals surface area contributed by atoms with Crippen molar-refractivity contribution in [1.29, 1.82) is 0 Å². The molecule has 4 nitrogen and oxygen atoms in total. The second-order valence-electron chi connectivity index (χ2n) is 5.50. The molecule has 1 aromatic carbocycles. The topological polar surface area (TPSA) is 50.4 Å². The summed E-state index contributed by atoms with van der Waals surface area (Å²) in [6, 6.07) is 8.44. The van der Waals surface area contributed by atoms with Crippen LogP contribution in [-0.4, -0.2) is 37.7 Å². The van der Waals surface area contributed by atoms with E-state index < -0.39 is 0 Å². The Labute approximate surface area is 133 Å². The van der Waals surface area contributed by atoms with Gasteiger partial charge in [-0.1, -0.05) is 24.3 Å². The van der Waals surface area contributed by atoms with Crippen LogP contribution in [0.15, 0.2) is 24.3 Å². The van der Waals surface area contributed by atoms with Crippen LogP contribution in [0.1, 0.15) is 24.5 Å². The lowest BCUT2D eigenvalue weighted by molar-refractivity contribution is -0.125. The molecular formula is C16H25ClN2O2. The molecule has 0 aromatic heterocycles. The number of carbonyl (C=O) groups is 1. The van der Waals surface area contributed by atoms with Crippen LogP contribution in [0.25, 0.3) is 0 Å². The second-order valence-corrected chi connectivity index (χ2v) is 5.50. The highest BCUT2D eigenvalue weighted by molar-refractivity contribution is 5.85. The summed E-state index contributed by atoms with van der Waals surface area (Å²) in [5, 5.41) is 6.29. The van der Waals surface area contributed by atoms with Gasteiger partial charge in [-0.25, -0.2) is 0 Å². The van der Waals surface area contributed by atoms with Crippen molar-refractivity contribution in [3.8, 4) is 0 Å². The molecule has 2 N–H and O–H groups in total. The summed E-state index contributed by atoms with van der Waals surface area (Å²) in [4.78, 5) is 12.0. The average molecular weight is 313 g/mol. The molecule has 1 amide bonds. The Morgan fingerprint density at radius 3 is 2.90 bits per heavy atom. The van der Waals surface area contributed by atoms with Crippen molar-refractivity contribution in [3.63, 3.8) is 0 Å². The highest BCUT2D eigenvalue weighted by Gasteiger charge is 2.18. The fourth-order valence-corrected chi connectivity index (χ4v) is 2.51. The number of morpholine rings is 1. The molecule has 118 valence electrons. The van der Waals surface area contributed by atoms with Gasteiger partial charge in [0.25, 0.3) is 0 Å². The van der Waals surface area contributed by atoms with Crippen LogP contribution in [0, 0.1) is 6.92 Å². The van der Waals surface area contributed by atoms with E-state index in [-0.39, 0.29) is 30.5 Å². The van der Waals surface area contributed by atoms with E-state index in [1.807, 2.05) is 19.1 Å². The standard InChI is InChI=1S/C16H24N2O2.ClH/c1-12-5-3-4-6-14(12)9-13(2)18-16(19)10-15-11-17-7-8-20-15;/h3-6,13,15,17H,7-11H2,1-2H3,(H,18,19);1H. The van der Waals surface area contributed by atoms with Crippen molar-refractivity contribution < 1.29 is 9.53 Å². The van der Waals surface area contributed by atoms with E-state index in [2.05, 4.69) is 29.7 Å². The van der Waals surface area contributed by atoms with Gasteiger partial charge < -0.3 is 15.4 Å². The van der Waals surface area contributed by atoms with E-state index in [0.717, 1.165) is 19.5 Å². The van der Waals surface area contributed by atoms with Gasteiger partial charge in [0.1, 0.15) is 0 Å². The van der Waals surface area contributed by atoms with Crippen molar-refractivity contribution in [1.82, 2.24) is 10.6 Å². The van der Waals surface area contributed by atoms with E-state index in [0.29, 0.717) is 13.0 Å². The van der Waals surface area contributed by atoms with Crippen LogP contribution in [-0.2, 0) is 16.0 Å². The predicted octanol–water partition coefficient (Wildman–Crippen LogP) is 1.84. The smallest absolute Gasteiger partial charge is 0.222 e. The van der Waals surface area contributed by atoms with Gasteiger partial charge in [-0.3, -0.25) is 4.79 Å². The van der Waals surface area contributed by atoms with E-state index in [1.165, 1.54) is 11.1 Å². The maximum absolute atomic E-state index is 12.0. The molecule has 21 heavy (non-hydrogen) atoms. The third-order valence-electron chi connectivity index (χ3n) is 3.61. The molecule has 0 bridgehead atoms. The number of rotatable bonds is 5. The molecule has 1 aromatic rings. The van der Waals surface area contributed by atoms with Gasteiger partial charge in [0.2, 0.25) is 5.91 Å². The highest BCUT2D eigenvalue weighted by Crippen LogP contribution is 2.10. The summed E-state index contributed by atoms with van der Waals surface area (Å²) in [6.07, 6.45) is 1.31. The summed E-state index contributed by atoms with van der Waals surface area (Å²) in [5.74, 6) is 0.0692. The van der Waals surface area contributed by atoms with Gasteiger partial charge in [0.05, 0.1) is 19.1 Å². The number of amides is 1. The zero-order valence-electron chi connectivity index (χ0n) is 12.7. The van der Waals surface area contributed by atoms with Gasteiger partial charge in [0, 0.05) is 19.1 Å². The Balaban J connectivity index is 0.00000220. The summed E-state index contributed by atoms with van der Waals surface area (Å²) in [5.41, 5.74) is 2.56. The highest BCUT2D eigenvalue weighted by atomic mass is 35.5. The third kappa shape index (κ3) is 6.04. The number of aryl methyl sites for hydroxylation is 1. The number of ether oxygens (including phenoxy) is 1. The first-order valence-corrected chi connectivity index (χ1v) is 7.31. The van der Waals surface area contributed by atoms with Crippen LogP contribution >= 0.6 is 12.4 Å². The number of nitrogens with one attached hydrogen (secondary N) is 2. The van der Waals surface area contributed by atoms with Crippen LogP contribution in [0.5, 0.6) is 0 Å². The first kappa shape index (κ1) is 18.0. The van der Waals surface area contributed by atoms with Crippen molar-refractivity contribution in [3.05, 3.63) is 35.4 Å². The summed E-state index contributed by atoms with van der Waals surface area (Å²) < 4.78 is 5.54. The normalized spacial score (nSPS) is 19.4. The van der Waals surface area contributed by atoms with Crippen molar-refractivity contribution in [2.45, 2.75) is 38.8 Å². The van der Waals surface area contributed by atoms with Crippen LogP contribution in [0.4, 0.5) is 0 Å². The summed E-state index contributed by atoms with van der Waals surface area (Å²) in [7, 11) is 0.